The molecule has 4 atom stereocenters. The molecule has 1 amide bonds. The van der Waals surface area contributed by atoms with Gasteiger partial charge in [-0.1, -0.05) is 0 Å². The molecule has 5 heterocycles. The van der Waals surface area contributed by atoms with Gasteiger partial charge in [-0.2, -0.15) is 0 Å². The lowest BCUT2D eigenvalue weighted by Gasteiger charge is -2.42. The summed E-state index contributed by atoms with van der Waals surface area (Å²) in [4.78, 5) is 32.9. The molecule has 2 unspecified atom stereocenters. The average Bonchev–Trinajstić information content (AvgIpc) is 3.26. The van der Waals surface area contributed by atoms with Gasteiger partial charge in [-0.05, 0) is 37.5 Å². The van der Waals surface area contributed by atoms with E-state index in [0.29, 0.717) is 42.1 Å². The lowest BCUT2D eigenvalue weighted by atomic mass is 10.1. The summed E-state index contributed by atoms with van der Waals surface area (Å²) in [5.41, 5.74) is 2.51. The van der Waals surface area contributed by atoms with E-state index < -0.39 is 18.5 Å². The smallest absolute Gasteiger partial charge is 0.280 e. The fourth-order valence-corrected chi connectivity index (χ4v) is 5.03. The Bertz CT molecular complexity index is 1170. The first-order valence-electron chi connectivity index (χ1n) is 10.8. The van der Waals surface area contributed by atoms with Crippen LogP contribution < -0.4 is 4.90 Å². The van der Waals surface area contributed by atoms with Crippen LogP contribution in [0.3, 0.4) is 0 Å². The number of fused-ring (bicyclic) bond motifs is 3. The van der Waals surface area contributed by atoms with E-state index in [1.165, 1.54) is 12.3 Å². The third-order valence-corrected chi connectivity index (χ3v) is 6.75. The third-order valence-electron chi connectivity index (χ3n) is 6.75. The van der Waals surface area contributed by atoms with Crippen LogP contribution in [-0.4, -0.2) is 62.1 Å². The standard InChI is InChI=1S/C22H21F3N6O/c23-15-7-14(15)22(32)31-12-2-3-13(31)10-30(9-12)17-5-6-26-21-18(17)28-20(29-21)11-1-4-16(19(24)25)27-8-11/h1,4-6,8,12-15,19H,2-3,7,9-10H2,(H,26,28,29)/t12?,13?,14-,15-/m1/s1. The van der Waals surface area contributed by atoms with E-state index in [4.69, 9.17) is 0 Å². The van der Waals surface area contributed by atoms with Crippen molar-refractivity contribution in [1.82, 2.24) is 24.8 Å². The molecule has 0 aromatic carbocycles. The van der Waals surface area contributed by atoms with Crippen molar-refractivity contribution in [2.75, 3.05) is 18.0 Å². The Morgan fingerprint density at radius 3 is 2.50 bits per heavy atom. The first kappa shape index (κ1) is 19.5. The number of imidazole rings is 1. The van der Waals surface area contributed by atoms with Gasteiger partial charge in [0.2, 0.25) is 5.91 Å². The van der Waals surface area contributed by atoms with Crippen molar-refractivity contribution in [3.05, 3.63) is 36.3 Å². The molecule has 3 aromatic heterocycles. The highest BCUT2D eigenvalue weighted by molar-refractivity contribution is 5.89. The van der Waals surface area contributed by atoms with Gasteiger partial charge in [0.05, 0.1) is 11.6 Å². The van der Waals surface area contributed by atoms with Gasteiger partial charge >= 0.3 is 0 Å². The summed E-state index contributed by atoms with van der Waals surface area (Å²) in [6, 6.07) is 4.90. The summed E-state index contributed by atoms with van der Waals surface area (Å²) in [5, 5.41) is 0. The van der Waals surface area contributed by atoms with E-state index in [2.05, 4.69) is 24.8 Å². The fourth-order valence-electron chi connectivity index (χ4n) is 5.03. The molecule has 166 valence electrons. The maximum absolute atomic E-state index is 13.5. The topological polar surface area (TPSA) is 78.0 Å². The van der Waals surface area contributed by atoms with Crippen LogP contribution in [0.25, 0.3) is 22.6 Å². The van der Waals surface area contributed by atoms with E-state index in [0.717, 1.165) is 18.5 Å². The van der Waals surface area contributed by atoms with Crippen LogP contribution in [0.15, 0.2) is 30.6 Å². The van der Waals surface area contributed by atoms with Crippen molar-refractivity contribution in [2.45, 2.75) is 43.9 Å². The molecule has 3 aliphatic rings. The Hall–Kier alpha value is -3.17. The van der Waals surface area contributed by atoms with Crippen molar-refractivity contribution in [1.29, 1.82) is 0 Å². The fraction of sp³-hybridized carbons (Fsp3) is 0.455. The number of aromatic nitrogens is 4. The van der Waals surface area contributed by atoms with E-state index in [9.17, 15) is 18.0 Å². The highest BCUT2D eigenvalue weighted by Crippen LogP contribution is 2.41. The van der Waals surface area contributed by atoms with Crippen LogP contribution >= 0.6 is 0 Å². The van der Waals surface area contributed by atoms with Gasteiger partial charge in [0.1, 0.15) is 23.2 Å². The first-order chi connectivity index (χ1) is 15.5. The van der Waals surface area contributed by atoms with Gasteiger partial charge in [0.15, 0.2) is 5.65 Å². The molecule has 2 bridgehead atoms. The van der Waals surface area contributed by atoms with Crippen LogP contribution in [0.2, 0.25) is 0 Å². The number of nitrogens with zero attached hydrogens (tertiary/aromatic N) is 5. The van der Waals surface area contributed by atoms with Crippen LogP contribution in [0, 0.1) is 5.92 Å². The number of halogens is 3. The summed E-state index contributed by atoms with van der Waals surface area (Å²) < 4.78 is 39.0. The van der Waals surface area contributed by atoms with Crippen molar-refractivity contribution in [3.8, 4) is 11.4 Å². The Morgan fingerprint density at radius 1 is 1.12 bits per heavy atom. The molecule has 7 nitrogen and oxygen atoms in total. The monoisotopic (exact) mass is 442 g/mol. The van der Waals surface area contributed by atoms with Gasteiger partial charge in [-0.3, -0.25) is 9.78 Å². The van der Waals surface area contributed by atoms with E-state index in [1.807, 2.05) is 11.0 Å². The second kappa shape index (κ2) is 7.18. The Kier molecular flexibility index (Phi) is 4.38. The molecule has 3 fully saturated rings. The maximum atomic E-state index is 13.5. The maximum Gasteiger partial charge on any atom is 0.280 e. The van der Waals surface area contributed by atoms with Crippen molar-refractivity contribution >= 4 is 22.8 Å². The van der Waals surface area contributed by atoms with Gasteiger partial charge in [0, 0.05) is 43.1 Å². The molecular weight excluding hydrogens is 421 g/mol. The Labute approximate surface area is 181 Å². The number of amides is 1. The number of aromatic amines is 1. The van der Waals surface area contributed by atoms with Gasteiger partial charge in [-0.15, -0.1) is 0 Å². The minimum Gasteiger partial charge on any atom is -0.365 e. The van der Waals surface area contributed by atoms with Crippen molar-refractivity contribution < 1.29 is 18.0 Å². The van der Waals surface area contributed by atoms with Gasteiger partial charge in [0.25, 0.3) is 6.43 Å². The highest BCUT2D eigenvalue weighted by Gasteiger charge is 2.51. The van der Waals surface area contributed by atoms with E-state index in [1.54, 1.807) is 12.3 Å². The molecule has 2 saturated heterocycles. The predicted molar refractivity (Wildman–Crippen MR) is 111 cm³/mol. The molecule has 1 N–H and O–H groups in total. The number of H-pyrrole nitrogens is 1. The van der Waals surface area contributed by atoms with Gasteiger partial charge in [-0.25, -0.2) is 23.1 Å². The number of hydrogen-bond acceptors (Lipinski definition) is 5. The SMILES string of the molecule is O=C([C@@H]1C[C@H]1F)N1C2CCC1CN(c1ccnc3[nH]c(-c4ccc(C(F)F)nc4)nc13)C2. The van der Waals surface area contributed by atoms with E-state index in [-0.39, 0.29) is 23.7 Å². The molecule has 0 spiro atoms. The number of hydrogen-bond donors (Lipinski definition) is 1. The van der Waals surface area contributed by atoms with Crippen LogP contribution in [0.4, 0.5) is 18.9 Å². The number of pyridine rings is 2. The Balaban J connectivity index is 1.28. The Morgan fingerprint density at radius 2 is 1.88 bits per heavy atom. The number of anilines is 1. The lowest BCUT2D eigenvalue weighted by molar-refractivity contribution is -0.136. The molecule has 3 aromatic rings. The minimum absolute atomic E-state index is 0.0358. The predicted octanol–water partition coefficient (Wildman–Crippen LogP) is 3.50. The largest absolute Gasteiger partial charge is 0.365 e. The number of carbonyl (C=O) groups excluding carboxylic acids is 1. The summed E-state index contributed by atoms with van der Waals surface area (Å²) in [7, 11) is 0. The summed E-state index contributed by atoms with van der Waals surface area (Å²) in [6.45, 7) is 1.33. The third kappa shape index (κ3) is 3.11. The zero-order valence-corrected chi connectivity index (χ0v) is 17.1. The molecule has 2 aliphatic heterocycles. The van der Waals surface area contributed by atoms with Crippen LogP contribution in [0.5, 0.6) is 0 Å². The number of alkyl halides is 3. The molecule has 1 saturated carbocycles. The summed E-state index contributed by atoms with van der Waals surface area (Å²) in [6.07, 6.45) is 1.66. The zero-order chi connectivity index (χ0) is 22.0. The molecule has 1 aliphatic carbocycles. The molecule has 6 rings (SSSR count). The number of carbonyl (C=O) groups is 1. The molecular formula is C22H21F3N6O. The second-order valence-electron chi connectivity index (χ2n) is 8.78. The summed E-state index contributed by atoms with van der Waals surface area (Å²) in [5.74, 6) is 0.0235. The minimum atomic E-state index is -2.62. The van der Waals surface area contributed by atoms with Crippen LogP contribution in [0.1, 0.15) is 31.4 Å². The second-order valence-corrected chi connectivity index (χ2v) is 8.78. The van der Waals surface area contributed by atoms with Gasteiger partial charge < -0.3 is 14.8 Å². The lowest BCUT2D eigenvalue weighted by Crippen LogP contribution is -2.56. The normalized spacial score (nSPS) is 26.9. The molecule has 32 heavy (non-hydrogen) atoms. The number of rotatable bonds is 4. The zero-order valence-electron chi connectivity index (χ0n) is 17.1. The number of nitrogens with one attached hydrogen (secondary N) is 1. The van der Waals surface area contributed by atoms with E-state index >= 15 is 0 Å². The van der Waals surface area contributed by atoms with Crippen molar-refractivity contribution in [2.24, 2.45) is 5.92 Å². The quantitative estimate of drug-likeness (QED) is 0.669. The molecule has 10 heteroatoms. The number of piperazine rings is 1. The first-order valence-corrected chi connectivity index (χ1v) is 10.8. The summed E-state index contributed by atoms with van der Waals surface area (Å²) >= 11 is 0. The average molecular weight is 442 g/mol. The van der Waals surface area contributed by atoms with Crippen molar-refractivity contribution in [3.63, 3.8) is 0 Å². The molecule has 0 radical (unpaired) electrons. The highest BCUT2D eigenvalue weighted by atomic mass is 19.3. The van der Waals surface area contributed by atoms with Crippen LogP contribution in [-0.2, 0) is 4.79 Å².